The number of benzene rings is 1. The standard InChI is InChI=1S/C13H15ClN4O/c1-9-7-18(8-10(6-14)19-9)13-15-11-4-2-3-5-12(11)16-17-13/h2-5,9-10H,6-8H2,1H3. The first-order chi connectivity index (χ1) is 9.26. The van der Waals surface area contributed by atoms with Crippen LogP contribution in [-0.2, 0) is 4.74 Å². The minimum absolute atomic E-state index is 0.0143. The maximum absolute atomic E-state index is 5.89. The summed E-state index contributed by atoms with van der Waals surface area (Å²) in [6.07, 6.45) is 0.132. The van der Waals surface area contributed by atoms with E-state index in [0.29, 0.717) is 18.4 Å². The van der Waals surface area contributed by atoms with Gasteiger partial charge in [0.1, 0.15) is 5.52 Å². The molecule has 5 nitrogen and oxygen atoms in total. The minimum atomic E-state index is 0.0143. The van der Waals surface area contributed by atoms with Gasteiger partial charge in [0.05, 0.1) is 23.6 Å². The summed E-state index contributed by atoms with van der Waals surface area (Å²) >= 11 is 5.89. The summed E-state index contributed by atoms with van der Waals surface area (Å²) in [4.78, 5) is 6.64. The number of aromatic nitrogens is 3. The molecule has 0 radical (unpaired) electrons. The van der Waals surface area contributed by atoms with Crippen LogP contribution in [-0.4, -0.2) is 46.4 Å². The van der Waals surface area contributed by atoms with Crippen molar-refractivity contribution in [3.63, 3.8) is 0 Å². The highest BCUT2D eigenvalue weighted by Crippen LogP contribution is 2.18. The lowest BCUT2D eigenvalue weighted by Crippen LogP contribution is -2.48. The fourth-order valence-electron chi connectivity index (χ4n) is 2.30. The predicted octanol–water partition coefficient (Wildman–Crippen LogP) is 1.86. The lowest BCUT2D eigenvalue weighted by Gasteiger charge is -2.35. The Kier molecular flexibility index (Phi) is 3.48. The minimum Gasteiger partial charge on any atom is -0.370 e. The number of fused-ring (bicyclic) bond motifs is 1. The molecule has 0 saturated carbocycles. The molecule has 0 amide bonds. The molecule has 3 rings (SSSR count). The highest BCUT2D eigenvalue weighted by molar-refractivity contribution is 6.18. The van der Waals surface area contributed by atoms with Crippen molar-refractivity contribution in [1.29, 1.82) is 0 Å². The zero-order valence-corrected chi connectivity index (χ0v) is 11.4. The molecule has 1 aliphatic rings. The average molecular weight is 279 g/mol. The number of anilines is 1. The van der Waals surface area contributed by atoms with E-state index < -0.39 is 0 Å². The summed E-state index contributed by atoms with van der Waals surface area (Å²) in [5.74, 6) is 1.12. The van der Waals surface area contributed by atoms with Gasteiger partial charge in [-0.25, -0.2) is 4.98 Å². The second-order valence-corrected chi connectivity index (χ2v) is 5.04. The Balaban J connectivity index is 1.90. The van der Waals surface area contributed by atoms with Crippen molar-refractivity contribution >= 4 is 28.6 Å². The summed E-state index contributed by atoms with van der Waals surface area (Å²) < 4.78 is 5.73. The van der Waals surface area contributed by atoms with Crippen LogP contribution in [0.5, 0.6) is 0 Å². The van der Waals surface area contributed by atoms with E-state index in [-0.39, 0.29) is 12.2 Å². The largest absolute Gasteiger partial charge is 0.370 e. The SMILES string of the molecule is CC1CN(c2nnc3ccccc3n2)CC(CCl)O1. The Morgan fingerprint density at radius 2 is 2.05 bits per heavy atom. The molecule has 0 N–H and O–H groups in total. The van der Waals surface area contributed by atoms with Crippen molar-refractivity contribution in [3.8, 4) is 0 Å². The Morgan fingerprint density at radius 1 is 1.26 bits per heavy atom. The van der Waals surface area contributed by atoms with Gasteiger partial charge < -0.3 is 9.64 Å². The van der Waals surface area contributed by atoms with Crippen molar-refractivity contribution in [2.45, 2.75) is 19.1 Å². The van der Waals surface area contributed by atoms with Gasteiger partial charge in [-0.3, -0.25) is 0 Å². The Labute approximate surface area is 116 Å². The molecule has 0 bridgehead atoms. The number of ether oxygens (including phenoxy) is 1. The van der Waals surface area contributed by atoms with Gasteiger partial charge in [0.2, 0.25) is 5.95 Å². The van der Waals surface area contributed by atoms with Crippen LogP contribution in [0.15, 0.2) is 24.3 Å². The molecule has 0 aliphatic carbocycles. The first kappa shape index (κ1) is 12.6. The number of halogens is 1. The lowest BCUT2D eigenvalue weighted by molar-refractivity contribution is -0.00386. The second-order valence-electron chi connectivity index (χ2n) is 4.73. The first-order valence-electron chi connectivity index (χ1n) is 6.32. The monoisotopic (exact) mass is 278 g/mol. The molecule has 6 heteroatoms. The van der Waals surface area contributed by atoms with Gasteiger partial charge in [0, 0.05) is 13.1 Å². The number of para-hydroxylation sites is 1. The molecule has 1 aliphatic heterocycles. The molecule has 1 fully saturated rings. The van der Waals surface area contributed by atoms with E-state index in [9.17, 15) is 0 Å². The molecule has 19 heavy (non-hydrogen) atoms. The summed E-state index contributed by atoms with van der Waals surface area (Å²) in [6, 6.07) is 7.72. The smallest absolute Gasteiger partial charge is 0.246 e. The van der Waals surface area contributed by atoms with Crippen LogP contribution >= 0.6 is 11.6 Å². The third-order valence-corrected chi connectivity index (χ3v) is 3.47. The number of hydrogen-bond donors (Lipinski definition) is 0. The third kappa shape index (κ3) is 2.62. The number of hydrogen-bond acceptors (Lipinski definition) is 5. The fraction of sp³-hybridized carbons (Fsp3) is 0.462. The molecule has 2 atom stereocenters. The van der Waals surface area contributed by atoms with Crippen LogP contribution in [0.1, 0.15) is 6.92 Å². The molecule has 2 unspecified atom stereocenters. The maximum atomic E-state index is 5.89. The number of alkyl halides is 1. The molecule has 0 spiro atoms. The normalized spacial score (nSPS) is 23.8. The molecule has 1 saturated heterocycles. The Hall–Kier alpha value is -1.46. The highest BCUT2D eigenvalue weighted by Gasteiger charge is 2.26. The van der Waals surface area contributed by atoms with E-state index in [2.05, 4.69) is 20.1 Å². The van der Waals surface area contributed by atoms with Gasteiger partial charge >= 0.3 is 0 Å². The van der Waals surface area contributed by atoms with Gasteiger partial charge in [-0.05, 0) is 19.1 Å². The molecule has 2 aromatic rings. The van der Waals surface area contributed by atoms with Crippen LogP contribution in [0.2, 0.25) is 0 Å². The molecule has 100 valence electrons. The summed E-state index contributed by atoms with van der Waals surface area (Å²) in [5.41, 5.74) is 1.66. The van der Waals surface area contributed by atoms with E-state index >= 15 is 0 Å². The van der Waals surface area contributed by atoms with Gasteiger partial charge in [-0.2, -0.15) is 0 Å². The summed E-state index contributed by atoms with van der Waals surface area (Å²) in [7, 11) is 0. The maximum Gasteiger partial charge on any atom is 0.246 e. The van der Waals surface area contributed by atoms with Crippen LogP contribution in [0, 0.1) is 0 Å². The van der Waals surface area contributed by atoms with E-state index in [1.165, 1.54) is 0 Å². The van der Waals surface area contributed by atoms with E-state index in [4.69, 9.17) is 16.3 Å². The summed E-state index contributed by atoms with van der Waals surface area (Å²) in [5, 5.41) is 8.40. The number of rotatable bonds is 2. The van der Waals surface area contributed by atoms with Crippen molar-refractivity contribution in [2.24, 2.45) is 0 Å². The average Bonchev–Trinajstić information content (AvgIpc) is 2.46. The van der Waals surface area contributed by atoms with Crippen LogP contribution in [0.4, 0.5) is 5.95 Å². The highest BCUT2D eigenvalue weighted by atomic mass is 35.5. The molecule has 1 aromatic carbocycles. The first-order valence-corrected chi connectivity index (χ1v) is 6.85. The zero-order valence-electron chi connectivity index (χ0n) is 10.7. The third-order valence-electron chi connectivity index (χ3n) is 3.13. The van der Waals surface area contributed by atoms with Crippen LogP contribution in [0.25, 0.3) is 11.0 Å². The lowest BCUT2D eigenvalue weighted by atomic mass is 10.2. The van der Waals surface area contributed by atoms with E-state index in [0.717, 1.165) is 17.6 Å². The van der Waals surface area contributed by atoms with Crippen molar-refractivity contribution in [1.82, 2.24) is 15.2 Å². The fourth-order valence-corrected chi connectivity index (χ4v) is 2.47. The predicted molar refractivity (Wildman–Crippen MR) is 74.6 cm³/mol. The summed E-state index contributed by atoms with van der Waals surface area (Å²) in [6.45, 7) is 3.49. The molecule has 1 aromatic heterocycles. The quantitative estimate of drug-likeness (QED) is 0.785. The second kappa shape index (κ2) is 5.27. The molecule has 2 heterocycles. The number of morpholine rings is 1. The molecular formula is C13H15ClN4O. The van der Waals surface area contributed by atoms with Crippen LogP contribution < -0.4 is 4.90 Å². The van der Waals surface area contributed by atoms with E-state index in [1.54, 1.807) is 0 Å². The zero-order chi connectivity index (χ0) is 13.2. The van der Waals surface area contributed by atoms with Gasteiger partial charge in [-0.15, -0.1) is 21.8 Å². The van der Waals surface area contributed by atoms with Gasteiger partial charge in [0.25, 0.3) is 0 Å². The van der Waals surface area contributed by atoms with Crippen molar-refractivity contribution in [3.05, 3.63) is 24.3 Å². The Bertz CT molecular complexity index is 579. The van der Waals surface area contributed by atoms with E-state index in [1.807, 2.05) is 31.2 Å². The van der Waals surface area contributed by atoms with Crippen molar-refractivity contribution in [2.75, 3.05) is 23.9 Å². The topological polar surface area (TPSA) is 51.1 Å². The number of nitrogens with zero attached hydrogens (tertiary/aromatic N) is 4. The van der Waals surface area contributed by atoms with Crippen LogP contribution in [0.3, 0.4) is 0 Å². The van der Waals surface area contributed by atoms with Gasteiger partial charge in [0.15, 0.2) is 0 Å². The van der Waals surface area contributed by atoms with Crippen molar-refractivity contribution < 1.29 is 4.74 Å². The molecular weight excluding hydrogens is 264 g/mol. The van der Waals surface area contributed by atoms with Gasteiger partial charge in [-0.1, -0.05) is 12.1 Å². The Morgan fingerprint density at radius 3 is 2.84 bits per heavy atom.